The molecule has 2 fully saturated rings. The SMILES string of the molecule is CC.CC(C)c1c2c(nn1C)C1(CC1)c1cnc(Nc3ccc(N4CCNCC4)cn3)nc1-2.PS. The van der Waals surface area contributed by atoms with Gasteiger partial charge in [-0.15, -0.1) is 0 Å². The lowest BCUT2D eigenvalue weighted by molar-refractivity contribution is 0.589. The van der Waals surface area contributed by atoms with Crippen LogP contribution in [0.15, 0.2) is 24.5 Å². The molecule has 0 bridgehead atoms. The van der Waals surface area contributed by atoms with Crippen LogP contribution in [0.2, 0.25) is 0 Å². The molecule has 1 saturated carbocycles. The number of hydrogen-bond acceptors (Lipinski definition) is 8. The normalized spacial score (nSPS) is 16.6. The largest absolute Gasteiger partial charge is 0.368 e. The first-order valence-corrected chi connectivity index (χ1v) is 14.5. The maximum Gasteiger partial charge on any atom is 0.228 e. The number of thiol groups is 1. The van der Waals surface area contributed by atoms with Crippen LogP contribution in [0.25, 0.3) is 11.3 Å². The Labute approximate surface area is 216 Å². The summed E-state index contributed by atoms with van der Waals surface area (Å²) in [6.07, 6.45) is 6.19. The highest BCUT2D eigenvalue weighted by Gasteiger charge is 2.56. The van der Waals surface area contributed by atoms with E-state index in [1.165, 1.54) is 22.5 Å². The smallest absolute Gasteiger partial charge is 0.228 e. The van der Waals surface area contributed by atoms with Gasteiger partial charge in [-0.1, -0.05) is 36.1 Å². The molecule has 1 unspecified atom stereocenters. The quantitative estimate of drug-likeness (QED) is 0.346. The summed E-state index contributed by atoms with van der Waals surface area (Å²) in [5.41, 5.74) is 7.13. The van der Waals surface area contributed by atoms with Gasteiger partial charge in [0.2, 0.25) is 5.95 Å². The Morgan fingerprint density at radius 1 is 1.09 bits per heavy atom. The molecular formula is C25H37N8PS. The molecule has 0 amide bonds. The highest BCUT2D eigenvalue weighted by Crippen LogP contribution is 2.62. The zero-order valence-corrected chi connectivity index (χ0v) is 23.4. The molecule has 188 valence electrons. The molecule has 6 rings (SSSR count). The Hall–Kier alpha value is -2.22. The van der Waals surface area contributed by atoms with Crippen molar-refractivity contribution < 1.29 is 0 Å². The molecule has 3 aromatic rings. The van der Waals surface area contributed by atoms with E-state index in [0.29, 0.717) is 11.9 Å². The van der Waals surface area contributed by atoms with Crippen molar-refractivity contribution in [2.75, 3.05) is 36.4 Å². The first kappa shape index (κ1) is 25.9. The lowest BCUT2D eigenvalue weighted by Gasteiger charge is -2.29. The second-order valence-corrected chi connectivity index (χ2v) is 9.19. The summed E-state index contributed by atoms with van der Waals surface area (Å²) < 4.78 is 2.05. The van der Waals surface area contributed by atoms with Crippen molar-refractivity contribution in [3.8, 4) is 11.3 Å². The van der Waals surface area contributed by atoms with Gasteiger partial charge in [0.1, 0.15) is 5.82 Å². The van der Waals surface area contributed by atoms with Gasteiger partial charge in [-0.3, -0.25) is 4.68 Å². The molecule has 10 heteroatoms. The fraction of sp³-hybridized carbons (Fsp3) is 0.520. The minimum atomic E-state index is 0.0390. The zero-order valence-electron chi connectivity index (χ0n) is 21.3. The number of aryl methyl sites for hydroxylation is 1. The van der Waals surface area contributed by atoms with Gasteiger partial charge in [0.25, 0.3) is 0 Å². The lowest BCUT2D eigenvalue weighted by Crippen LogP contribution is -2.43. The fourth-order valence-electron chi connectivity index (χ4n) is 5.19. The van der Waals surface area contributed by atoms with Crippen LogP contribution in [0.5, 0.6) is 0 Å². The first-order valence-electron chi connectivity index (χ1n) is 12.5. The minimum Gasteiger partial charge on any atom is -0.368 e. The molecule has 1 aliphatic heterocycles. The second kappa shape index (κ2) is 10.8. The molecule has 4 heterocycles. The summed E-state index contributed by atoms with van der Waals surface area (Å²) in [5.74, 6) is 1.73. The number of hydrogen-bond donors (Lipinski definition) is 3. The summed E-state index contributed by atoms with van der Waals surface area (Å²) >= 11 is 3.44. The van der Waals surface area contributed by atoms with Gasteiger partial charge in [0.15, 0.2) is 0 Å². The number of fused-ring (bicyclic) bond motifs is 5. The van der Waals surface area contributed by atoms with Crippen LogP contribution in [-0.4, -0.2) is 50.9 Å². The molecule has 3 aromatic heterocycles. The fourth-order valence-corrected chi connectivity index (χ4v) is 5.19. The van der Waals surface area contributed by atoms with Gasteiger partial charge in [0.05, 0.1) is 29.0 Å². The molecule has 2 aliphatic carbocycles. The van der Waals surface area contributed by atoms with E-state index in [2.05, 4.69) is 66.1 Å². The van der Waals surface area contributed by atoms with E-state index in [1.54, 1.807) is 0 Å². The Kier molecular flexibility index (Phi) is 7.99. The third kappa shape index (κ3) is 4.66. The molecular weight excluding hydrogens is 475 g/mol. The van der Waals surface area contributed by atoms with Crippen molar-refractivity contribution in [3.63, 3.8) is 0 Å². The molecule has 35 heavy (non-hydrogen) atoms. The maximum absolute atomic E-state index is 4.96. The third-order valence-electron chi connectivity index (χ3n) is 6.85. The summed E-state index contributed by atoms with van der Waals surface area (Å²) in [6, 6.07) is 4.12. The predicted octanol–water partition coefficient (Wildman–Crippen LogP) is 4.67. The third-order valence-corrected chi connectivity index (χ3v) is 6.85. The van der Waals surface area contributed by atoms with Crippen molar-refractivity contribution in [1.29, 1.82) is 0 Å². The molecule has 0 radical (unpaired) electrons. The Morgan fingerprint density at radius 3 is 2.40 bits per heavy atom. The number of pyridine rings is 1. The van der Waals surface area contributed by atoms with Gasteiger partial charge in [-0.25, -0.2) is 15.0 Å². The average Bonchev–Trinajstić information content (AvgIpc) is 3.57. The average molecular weight is 513 g/mol. The predicted molar refractivity (Wildman–Crippen MR) is 151 cm³/mol. The van der Waals surface area contributed by atoms with E-state index in [0.717, 1.165) is 56.2 Å². The zero-order chi connectivity index (χ0) is 25.2. The van der Waals surface area contributed by atoms with Crippen LogP contribution < -0.4 is 15.5 Å². The van der Waals surface area contributed by atoms with Crippen LogP contribution in [0.1, 0.15) is 63.4 Å². The van der Waals surface area contributed by atoms with Crippen LogP contribution in [0.3, 0.4) is 0 Å². The lowest BCUT2D eigenvalue weighted by atomic mass is 10.00. The standard InChI is InChI=1S/C23H28N8.C2H6.H3PS/c1-14(2)20-18-19-16(23(6-7-23)21(18)29-30(20)3)13-26-22(28-19)27-17-5-4-15(12-25-17)31-10-8-24-9-11-31;2*1-2/h4-5,12-14,24H,6-11H2,1-3H3,(H,25,26,27,28);1-2H3;2H,1H2. The van der Waals surface area contributed by atoms with Gasteiger partial charge < -0.3 is 15.5 Å². The monoisotopic (exact) mass is 512 g/mol. The number of nitrogens with zero attached hydrogens (tertiary/aromatic N) is 6. The van der Waals surface area contributed by atoms with Crippen molar-refractivity contribution in [2.45, 2.75) is 51.9 Å². The molecule has 1 spiro atoms. The van der Waals surface area contributed by atoms with E-state index >= 15 is 0 Å². The highest BCUT2D eigenvalue weighted by atomic mass is 32.7. The Balaban J connectivity index is 0.000000689. The Bertz CT molecular complexity index is 1150. The number of rotatable bonds is 4. The van der Waals surface area contributed by atoms with Crippen LogP contribution in [0.4, 0.5) is 17.5 Å². The van der Waals surface area contributed by atoms with Crippen molar-refractivity contribution in [3.05, 3.63) is 41.5 Å². The molecule has 1 saturated heterocycles. The van der Waals surface area contributed by atoms with Crippen LogP contribution >= 0.6 is 20.7 Å². The maximum atomic E-state index is 4.96. The molecule has 8 nitrogen and oxygen atoms in total. The van der Waals surface area contributed by atoms with Gasteiger partial charge in [-0.05, 0) is 30.9 Å². The van der Waals surface area contributed by atoms with E-state index in [1.807, 2.05) is 44.0 Å². The number of aromatic nitrogens is 5. The molecule has 1 atom stereocenters. The molecule has 2 N–H and O–H groups in total. The van der Waals surface area contributed by atoms with Gasteiger partial charge in [-0.2, -0.15) is 17.3 Å². The topological polar surface area (TPSA) is 83.8 Å². The van der Waals surface area contributed by atoms with Crippen LogP contribution in [-0.2, 0) is 12.5 Å². The summed E-state index contributed by atoms with van der Waals surface area (Å²) in [5, 5.41) is 11.6. The van der Waals surface area contributed by atoms with E-state index in [4.69, 9.17) is 10.1 Å². The number of anilines is 3. The first-order chi connectivity index (χ1) is 17.1. The van der Waals surface area contributed by atoms with Gasteiger partial charge in [0, 0.05) is 56.0 Å². The number of nitrogens with one attached hydrogen (secondary N) is 2. The molecule has 3 aliphatic rings. The van der Waals surface area contributed by atoms with E-state index < -0.39 is 0 Å². The minimum absolute atomic E-state index is 0.0390. The van der Waals surface area contributed by atoms with E-state index in [-0.39, 0.29) is 5.41 Å². The summed E-state index contributed by atoms with van der Waals surface area (Å²) in [7, 11) is 4.16. The van der Waals surface area contributed by atoms with Crippen molar-refractivity contribution >= 4 is 38.1 Å². The Morgan fingerprint density at radius 2 is 1.80 bits per heavy atom. The van der Waals surface area contributed by atoms with Gasteiger partial charge >= 0.3 is 0 Å². The van der Waals surface area contributed by atoms with Crippen LogP contribution in [0, 0.1) is 0 Å². The number of piperazine rings is 1. The summed E-state index contributed by atoms with van der Waals surface area (Å²) in [4.78, 5) is 16.6. The highest BCUT2D eigenvalue weighted by molar-refractivity contribution is 8.31. The summed E-state index contributed by atoms with van der Waals surface area (Å²) in [6.45, 7) is 12.5. The van der Waals surface area contributed by atoms with E-state index in [9.17, 15) is 0 Å². The molecule has 0 aromatic carbocycles. The second-order valence-electron chi connectivity index (χ2n) is 9.19. The van der Waals surface area contributed by atoms with Crippen molar-refractivity contribution in [2.24, 2.45) is 7.05 Å². The van der Waals surface area contributed by atoms with Crippen molar-refractivity contribution in [1.82, 2.24) is 30.0 Å².